The number of H-pyrrole nitrogens is 1. The van der Waals surface area contributed by atoms with Crippen LogP contribution in [-0.2, 0) is 0 Å². The van der Waals surface area contributed by atoms with Crippen LogP contribution >= 0.6 is 0 Å². The number of rotatable bonds is 1. The van der Waals surface area contributed by atoms with Crippen LogP contribution in [0.2, 0.25) is 0 Å². The zero-order chi connectivity index (χ0) is 10.7. The molecule has 6 nitrogen and oxygen atoms in total. The fraction of sp³-hybridized carbons (Fsp3) is 0.556. The minimum Gasteiger partial charge on any atom is -0.383 e. The second-order valence-corrected chi connectivity index (χ2v) is 3.59. The van der Waals surface area contributed by atoms with Crippen molar-refractivity contribution in [3.63, 3.8) is 0 Å². The van der Waals surface area contributed by atoms with Gasteiger partial charge in [0.15, 0.2) is 0 Å². The van der Waals surface area contributed by atoms with Crippen molar-refractivity contribution in [3.8, 4) is 0 Å². The average molecular weight is 209 g/mol. The first-order chi connectivity index (χ1) is 7.29. The summed E-state index contributed by atoms with van der Waals surface area (Å²) in [7, 11) is 0. The molecule has 2 heterocycles. The summed E-state index contributed by atoms with van der Waals surface area (Å²) in [5.74, 6) is 0.308. The summed E-state index contributed by atoms with van der Waals surface area (Å²) >= 11 is 0. The molecule has 0 unspecified atom stereocenters. The van der Waals surface area contributed by atoms with Crippen LogP contribution in [0.4, 0.5) is 5.82 Å². The molecule has 6 heteroatoms. The number of carbonyl (C=O) groups excluding carboxylic acids is 1. The Morgan fingerprint density at radius 2 is 2.33 bits per heavy atom. The van der Waals surface area contributed by atoms with E-state index in [1.807, 2.05) is 0 Å². The van der Waals surface area contributed by atoms with Gasteiger partial charge in [0, 0.05) is 19.6 Å². The molecule has 1 saturated heterocycles. The van der Waals surface area contributed by atoms with E-state index in [4.69, 9.17) is 5.73 Å². The van der Waals surface area contributed by atoms with Crippen molar-refractivity contribution in [1.82, 2.24) is 20.4 Å². The SMILES string of the molecule is Nc1[nH]ncc1C(=O)N1CCCNCC1. The number of nitrogens with one attached hydrogen (secondary N) is 2. The number of carbonyl (C=O) groups is 1. The molecular weight excluding hydrogens is 194 g/mol. The van der Waals surface area contributed by atoms with Gasteiger partial charge in [0.05, 0.1) is 6.20 Å². The van der Waals surface area contributed by atoms with Crippen molar-refractivity contribution in [2.24, 2.45) is 0 Å². The molecule has 1 aromatic heterocycles. The third kappa shape index (κ3) is 2.10. The lowest BCUT2D eigenvalue weighted by Gasteiger charge is -2.19. The molecule has 1 aliphatic rings. The third-order valence-corrected chi connectivity index (χ3v) is 2.53. The molecule has 2 rings (SSSR count). The van der Waals surface area contributed by atoms with Crippen LogP contribution in [0.1, 0.15) is 16.8 Å². The number of nitrogen functional groups attached to an aromatic ring is 1. The molecule has 0 saturated carbocycles. The lowest BCUT2D eigenvalue weighted by Crippen LogP contribution is -2.34. The Labute approximate surface area is 87.8 Å². The van der Waals surface area contributed by atoms with Gasteiger partial charge in [-0.15, -0.1) is 0 Å². The minimum atomic E-state index is -0.0371. The van der Waals surface area contributed by atoms with Gasteiger partial charge >= 0.3 is 0 Å². The Morgan fingerprint density at radius 3 is 3.07 bits per heavy atom. The molecule has 0 atom stereocenters. The Balaban J connectivity index is 2.09. The van der Waals surface area contributed by atoms with E-state index in [1.165, 1.54) is 6.20 Å². The van der Waals surface area contributed by atoms with Gasteiger partial charge < -0.3 is 16.0 Å². The van der Waals surface area contributed by atoms with Gasteiger partial charge in [-0.2, -0.15) is 5.10 Å². The van der Waals surface area contributed by atoms with Crippen molar-refractivity contribution >= 4 is 11.7 Å². The van der Waals surface area contributed by atoms with Crippen molar-refractivity contribution in [1.29, 1.82) is 0 Å². The van der Waals surface area contributed by atoms with E-state index in [9.17, 15) is 4.79 Å². The minimum absolute atomic E-state index is 0.0371. The average Bonchev–Trinajstić information content (AvgIpc) is 2.53. The number of hydrogen-bond acceptors (Lipinski definition) is 4. The van der Waals surface area contributed by atoms with Gasteiger partial charge in [-0.05, 0) is 13.0 Å². The standard InChI is InChI=1S/C9H15N5O/c10-8-7(6-12-13-8)9(15)14-4-1-2-11-3-5-14/h6,11H,1-5H2,(H3,10,12,13). The molecule has 0 bridgehead atoms. The molecule has 4 N–H and O–H groups in total. The monoisotopic (exact) mass is 209 g/mol. The van der Waals surface area contributed by atoms with E-state index >= 15 is 0 Å². The zero-order valence-corrected chi connectivity index (χ0v) is 8.49. The van der Waals surface area contributed by atoms with E-state index < -0.39 is 0 Å². The number of nitrogens with zero attached hydrogens (tertiary/aromatic N) is 2. The fourth-order valence-electron chi connectivity index (χ4n) is 1.69. The van der Waals surface area contributed by atoms with Crippen LogP contribution in [0.25, 0.3) is 0 Å². The van der Waals surface area contributed by atoms with Crippen molar-refractivity contribution in [2.45, 2.75) is 6.42 Å². The fourth-order valence-corrected chi connectivity index (χ4v) is 1.69. The molecule has 1 amide bonds. The van der Waals surface area contributed by atoms with Gasteiger partial charge in [-0.1, -0.05) is 0 Å². The smallest absolute Gasteiger partial charge is 0.259 e. The molecule has 1 aromatic rings. The summed E-state index contributed by atoms with van der Waals surface area (Å²) in [6.45, 7) is 3.30. The largest absolute Gasteiger partial charge is 0.383 e. The molecule has 82 valence electrons. The highest BCUT2D eigenvalue weighted by atomic mass is 16.2. The maximum absolute atomic E-state index is 12.0. The quantitative estimate of drug-likeness (QED) is 0.578. The summed E-state index contributed by atoms with van der Waals surface area (Å²) in [5.41, 5.74) is 6.08. The number of aromatic nitrogens is 2. The molecule has 0 aromatic carbocycles. The number of hydrogen-bond donors (Lipinski definition) is 3. The van der Waals surface area contributed by atoms with Gasteiger partial charge in [0.25, 0.3) is 5.91 Å². The van der Waals surface area contributed by atoms with E-state index in [2.05, 4.69) is 15.5 Å². The van der Waals surface area contributed by atoms with Crippen LogP contribution in [-0.4, -0.2) is 47.2 Å². The summed E-state index contributed by atoms with van der Waals surface area (Å²) in [6.07, 6.45) is 2.46. The van der Waals surface area contributed by atoms with E-state index in [0.717, 1.165) is 32.6 Å². The molecule has 15 heavy (non-hydrogen) atoms. The Morgan fingerprint density at radius 1 is 1.47 bits per heavy atom. The Bertz CT molecular complexity index is 340. The van der Waals surface area contributed by atoms with Crippen LogP contribution < -0.4 is 11.1 Å². The molecule has 0 radical (unpaired) electrons. The normalized spacial score (nSPS) is 17.5. The number of nitrogens with two attached hydrogens (primary N) is 1. The van der Waals surface area contributed by atoms with Crippen molar-refractivity contribution < 1.29 is 4.79 Å². The maximum atomic E-state index is 12.0. The summed E-state index contributed by atoms with van der Waals surface area (Å²) in [4.78, 5) is 13.8. The lowest BCUT2D eigenvalue weighted by molar-refractivity contribution is 0.0767. The summed E-state index contributed by atoms with van der Waals surface area (Å²) in [6, 6.07) is 0. The third-order valence-electron chi connectivity index (χ3n) is 2.53. The molecule has 1 aliphatic heterocycles. The highest BCUT2D eigenvalue weighted by Gasteiger charge is 2.19. The maximum Gasteiger partial charge on any atom is 0.259 e. The van der Waals surface area contributed by atoms with E-state index in [1.54, 1.807) is 4.90 Å². The first-order valence-corrected chi connectivity index (χ1v) is 5.08. The van der Waals surface area contributed by atoms with Crippen LogP contribution in [0.15, 0.2) is 6.20 Å². The van der Waals surface area contributed by atoms with E-state index in [0.29, 0.717) is 11.4 Å². The van der Waals surface area contributed by atoms with Gasteiger partial charge in [0.2, 0.25) is 0 Å². The highest BCUT2D eigenvalue weighted by Crippen LogP contribution is 2.10. The van der Waals surface area contributed by atoms with Crippen LogP contribution in [0, 0.1) is 0 Å². The Kier molecular flexibility index (Phi) is 2.86. The molecule has 1 fully saturated rings. The van der Waals surface area contributed by atoms with Gasteiger partial charge in [-0.3, -0.25) is 9.89 Å². The predicted octanol–water partition coefficient (Wildman–Crippen LogP) is -0.573. The number of amides is 1. The van der Waals surface area contributed by atoms with E-state index in [-0.39, 0.29) is 5.91 Å². The topological polar surface area (TPSA) is 87.0 Å². The number of anilines is 1. The lowest BCUT2D eigenvalue weighted by atomic mass is 10.2. The highest BCUT2D eigenvalue weighted by molar-refractivity contribution is 5.98. The summed E-state index contributed by atoms with van der Waals surface area (Å²) < 4.78 is 0. The van der Waals surface area contributed by atoms with Crippen molar-refractivity contribution in [2.75, 3.05) is 31.9 Å². The molecule has 0 aliphatic carbocycles. The first kappa shape index (κ1) is 9.97. The second-order valence-electron chi connectivity index (χ2n) is 3.59. The van der Waals surface area contributed by atoms with Crippen LogP contribution in [0.5, 0.6) is 0 Å². The Hall–Kier alpha value is -1.56. The van der Waals surface area contributed by atoms with Crippen LogP contribution in [0.3, 0.4) is 0 Å². The van der Waals surface area contributed by atoms with Gasteiger partial charge in [0.1, 0.15) is 11.4 Å². The second kappa shape index (κ2) is 4.31. The zero-order valence-electron chi connectivity index (χ0n) is 8.49. The molecule has 0 spiro atoms. The number of aromatic amines is 1. The van der Waals surface area contributed by atoms with Crippen molar-refractivity contribution in [3.05, 3.63) is 11.8 Å². The predicted molar refractivity (Wildman–Crippen MR) is 56.4 cm³/mol. The first-order valence-electron chi connectivity index (χ1n) is 5.08. The summed E-state index contributed by atoms with van der Waals surface area (Å²) in [5, 5.41) is 9.56. The van der Waals surface area contributed by atoms with Gasteiger partial charge in [-0.25, -0.2) is 0 Å². The molecular formula is C9H15N5O.